The summed E-state index contributed by atoms with van der Waals surface area (Å²) in [4.78, 5) is 30.0. The first-order chi connectivity index (χ1) is 35.5. The Morgan fingerprint density at radius 2 is 1.52 bits per heavy atom. The molecule has 1 aromatic rings. The molecule has 5 aliphatic rings. The van der Waals surface area contributed by atoms with Gasteiger partial charge in [-0.25, -0.2) is 9.59 Å². The quantitative estimate of drug-likeness (QED) is 0.0426. The molecule has 1 unspecified atom stereocenters. The van der Waals surface area contributed by atoms with E-state index >= 15 is 0 Å². The number of esters is 1. The van der Waals surface area contributed by atoms with Crippen molar-refractivity contribution in [2.75, 3.05) is 46.1 Å². The number of nitrogens with one attached hydrogen (secondary N) is 1. The number of unbranched alkanes of at least 4 members (excludes halogenated alkanes) is 9. The number of rotatable bonds is 33. The van der Waals surface area contributed by atoms with Crippen molar-refractivity contribution in [2.45, 2.75) is 233 Å². The maximum atomic E-state index is 13.8. The average Bonchev–Trinajstić information content (AvgIpc) is 3.74. The highest BCUT2D eigenvalue weighted by atomic mass is 16.6. The number of alkyl carbamates (subject to hydrolysis) is 1. The average molecular weight is 1010 g/mol. The van der Waals surface area contributed by atoms with Crippen LogP contribution in [0.15, 0.2) is 66.3 Å². The Kier molecular flexibility index (Phi) is 26.0. The number of carbonyl (C=O) groups excluding carboxylic acids is 2. The second kappa shape index (κ2) is 32.0. The van der Waals surface area contributed by atoms with Crippen LogP contribution in [0.4, 0.5) is 4.79 Å². The molecule has 3 saturated carbocycles. The van der Waals surface area contributed by atoms with Crippen molar-refractivity contribution in [3.63, 3.8) is 0 Å². The summed E-state index contributed by atoms with van der Waals surface area (Å²) in [6, 6.07) is 8.97. The van der Waals surface area contributed by atoms with Crippen LogP contribution in [0.25, 0.3) is 0 Å². The predicted molar refractivity (Wildman–Crippen MR) is 302 cm³/mol. The van der Waals surface area contributed by atoms with Gasteiger partial charge in [-0.05, 0) is 161 Å². The number of piperidine rings is 1. The number of benzene rings is 1. The normalized spacial score (nSPS) is 27.5. The number of nitrogens with zero attached hydrogens (tertiary/aromatic N) is 1. The molecule has 1 N–H and O–H groups in total. The summed E-state index contributed by atoms with van der Waals surface area (Å²) in [5.74, 6) is 4.30. The maximum Gasteiger partial charge on any atom is 0.408 e. The Balaban J connectivity index is 0.914. The van der Waals surface area contributed by atoms with E-state index in [1.807, 2.05) is 30.3 Å². The number of hydrogen-bond donors (Lipinski definition) is 1. The van der Waals surface area contributed by atoms with Crippen molar-refractivity contribution >= 4 is 12.1 Å². The van der Waals surface area contributed by atoms with Gasteiger partial charge in [0.2, 0.25) is 0 Å². The largest absolute Gasteiger partial charge is 0.462 e. The second-order valence-corrected chi connectivity index (χ2v) is 24.6. The van der Waals surface area contributed by atoms with Crippen LogP contribution in [-0.4, -0.2) is 81.3 Å². The monoisotopic (exact) mass is 1010 g/mol. The third kappa shape index (κ3) is 18.9. The minimum absolute atomic E-state index is 0.0939. The topological polar surface area (TPSA) is 86.3 Å². The van der Waals surface area contributed by atoms with E-state index in [1.165, 1.54) is 140 Å². The molecule has 0 radical (unpaired) electrons. The Labute approximate surface area is 446 Å². The lowest BCUT2D eigenvalue weighted by molar-refractivity contribution is -0.149. The van der Waals surface area contributed by atoms with Crippen LogP contribution in [0.3, 0.4) is 0 Å². The molecule has 0 aromatic heterocycles. The van der Waals surface area contributed by atoms with Gasteiger partial charge in [-0.1, -0.05) is 172 Å². The molecule has 0 bridgehead atoms. The van der Waals surface area contributed by atoms with Crippen molar-refractivity contribution in [3.05, 3.63) is 71.8 Å². The highest BCUT2D eigenvalue weighted by Gasteiger charge is 2.59. The molecular weight excluding hydrogens is 905 g/mol. The van der Waals surface area contributed by atoms with Gasteiger partial charge in [0.05, 0.1) is 19.3 Å². The second-order valence-electron chi connectivity index (χ2n) is 24.6. The van der Waals surface area contributed by atoms with Crippen molar-refractivity contribution in [2.24, 2.45) is 46.3 Å². The van der Waals surface area contributed by atoms with Crippen LogP contribution in [0.1, 0.15) is 214 Å². The van der Waals surface area contributed by atoms with Gasteiger partial charge in [0.1, 0.15) is 18.8 Å². The molecule has 1 aromatic carbocycles. The van der Waals surface area contributed by atoms with Crippen molar-refractivity contribution in [1.29, 1.82) is 0 Å². The molecule has 10 atom stereocenters. The molecule has 1 saturated heterocycles. The number of hydrogen-bond acceptors (Lipinski definition) is 7. The SMILES string of the molecule is CCCCCC=CCC=CCCCCCCCCOCC(CN1CCCCC1)OCCOC(=O)[C@H](Cc1ccccc1)NC(=O)O[C@H]1CC[C@@]2(C)C(=CC[C@H]3[C@@H]4CC[C@H]([C@H](C)CCCC(C)C)[C@@]4(C)CC[C@@H]32)C1. The standard InChI is InChI=1S/C65H106N2O6/c1-7-8-9-10-11-12-13-14-15-16-17-18-19-20-21-28-44-70-50-56(49-67-42-26-23-27-43-67)71-45-46-72-62(68)61(47-53-32-24-22-25-33-53)66-63(69)73-55-38-40-64(5)54(48-55)34-35-57-59-37-36-58(52(4)31-29-30-51(2)3)65(59,6)41-39-60(57)64/h11-12,14-15,22,24-25,32-34,51-52,55-61H,7-10,13,16-21,23,26-31,35-50H2,1-6H3,(H,66,69)/t52-,55+,56?,57+,58-,59+,60+,61+,64+,65-/m1/s1. The van der Waals surface area contributed by atoms with Crippen molar-refractivity contribution in [3.8, 4) is 0 Å². The van der Waals surface area contributed by atoms with Crippen LogP contribution < -0.4 is 5.32 Å². The summed E-state index contributed by atoms with van der Waals surface area (Å²) in [5.41, 5.74) is 3.09. The Morgan fingerprint density at radius 1 is 0.781 bits per heavy atom. The van der Waals surface area contributed by atoms with Gasteiger partial charge in [-0.3, -0.25) is 0 Å². The van der Waals surface area contributed by atoms with E-state index in [0.29, 0.717) is 24.4 Å². The summed E-state index contributed by atoms with van der Waals surface area (Å²) in [7, 11) is 0. The van der Waals surface area contributed by atoms with Gasteiger partial charge < -0.3 is 29.2 Å². The minimum atomic E-state index is -0.871. The summed E-state index contributed by atoms with van der Waals surface area (Å²) in [6.07, 6.45) is 43.3. The van der Waals surface area contributed by atoms with Crippen LogP contribution in [0, 0.1) is 46.3 Å². The molecule has 6 rings (SSSR count). The van der Waals surface area contributed by atoms with E-state index < -0.39 is 18.1 Å². The summed E-state index contributed by atoms with van der Waals surface area (Å²) < 4.78 is 24.7. The van der Waals surface area contributed by atoms with E-state index in [-0.39, 0.29) is 30.8 Å². The van der Waals surface area contributed by atoms with Gasteiger partial charge in [0, 0.05) is 26.0 Å². The molecule has 8 heteroatoms. The lowest BCUT2D eigenvalue weighted by Crippen LogP contribution is -2.51. The summed E-state index contributed by atoms with van der Waals surface area (Å²) in [6.45, 7) is 19.4. The third-order valence-corrected chi connectivity index (χ3v) is 18.8. The number of ether oxygens (including phenoxy) is 4. The minimum Gasteiger partial charge on any atom is -0.462 e. The predicted octanol–water partition coefficient (Wildman–Crippen LogP) is 16.0. The lowest BCUT2D eigenvalue weighted by atomic mass is 9.47. The molecular formula is C65H106N2O6. The molecule has 0 spiro atoms. The summed E-state index contributed by atoms with van der Waals surface area (Å²) in [5, 5.41) is 2.95. The van der Waals surface area contributed by atoms with Crippen molar-refractivity contribution < 1.29 is 28.5 Å². The first-order valence-electron chi connectivity index (χ1n) is 30.6. The van der Waals surface area contributed by atoms with Crippen molar-refractivity contribution in [1.82, 2.24) is 10.2 Å². The summed E-state index contributed by atoms with van der Waals surface area (Å²) >= 11 is 0. The molecule has 4 aliphatic carbocycles. The number of likely N-dealkylation sites (tertiary alicyclic amines) is 1. The van der Waals surface area contributed by atoms with Gasteiger partial charge in [0.25, 0.3) is 0 Å². The van der Waals surface area contributed by atoms with Gasteiger partial charge in [-0.2, -0.15) is 0 Å². The molecule has 1 heterocycles. The Bertz CT molecular complexity index is 1810. The van der Waals surface area contributed by atoms with Crippen LogP contribution in [-0.2, 0) is 30.2 Å². The van der Waals surface area contributed by atoms with E-state index in [9.17, 15) is 9.59 Å². The van der Waals surface area contributed by atoms with Crippen LogP contribution >= 0.6 is 0 Å². The maximum absolute atomic E-state index is 13.8. The highest BCUT2D eigenvalue weighted by Crippen LogP contribution is 2.67. The molecule has 1 aliphatic heterocycles. The zero-order valence-electron chi connectivity index (χ0n) is 47.4. The fourth-order valence-corrected chi connectivity index (χ4v) is 14.6. The molecule has 4 fully saturated rings. The number of allylic oxidation sites excluding steroid dienone is 5. The lowest BCUT2D eigenvalue weighted by Gasteiger charge is -2.58. The number of fused-ring (bicyclic) bond motifs is 5. The molecule has 8 nitrogen and oxygen atoms in total. The van der Waals surface area contributed by atoms with Crippen LogP contribution in [0.2, 0.25) is 0 Å². The molecule has 73 heavy (non-hydrogen) atoms. The van der Waals surface area contributed by atoms with E-state index in [0.717, 1.165) is 93.5 Å². The number of amides is 1. The third-order valence-electron chi connectivity index (χ3n) is 18.8. The fourth-order valence-electron chi connectivity index (χ4n) is 14.6. The zero-order chi connectivity index (χ0) is 51.7. The van der Waals surface area contributed by atoms with Gasteiger partial charge >= 0.3 is 12.1 Å². The molecule has 412 valence electrons. The Hall–Kier alpha value is -2.94. The first-order valence-corrected chi connectivity index (χ1v) is 30.6. The highest BCUT2D eigenvalue weighted by molar-refractivity contribution is 5.81. The van der Waals surface area contributed by atoms with E-state index in [1.54, 1.807) is 0 Å². The number of carbonyl (C=O) groups is 2. The Morgan fingerprint density at radius 3 is 2.27 bits per heavy atom. The van der Waals surface area contributed by atoms with E-state index in [2.05, 4.69) is 82.1 Å². The van der Waals surface area contributed by atoms with Crippen LogP contribution in [0.5, 0.6) is 0 Å². The smallest absolute Gasteiger partial charge is 0.408 e. The zero-order valence-corrected chi connectivity index (χ0v) is 47.4. The fraction of sp³-hybridized carbons (Fsp3) is 0.785. The van der Waals surface area contributed by atoms with E-state index in [4.69, 9.17) is 18.9 Å². The molecule has 1 amide bonds. The first kappa shape index (κ1) is 59.3. The van der Waals surface area contributed by atoms with Gasteiger partial charge in [-0.15, -0.1) is 0 Å². The van der Waals surface area contributed by atoms with Gasteiger partial charge in [0.15, 0.2) is 0 Å².